The molecule has 0 aliphatic rings. The first-order valence-corrected chi connectivity index (χ1v) is 6.32. The van der Waals surface area contributed by atoms with Gasteiger partial charge in [0.1, 0.15) is 0 Å². The molecule has 0 bridgehead atoms. The van der Waals surface area contributed by atoms with E-state index in [1.54, 1.807) is 22.7 Å². The zero-order chi connectivity index (χ0) is 9.80. The first-order valence-electron chi connectivity index (χ1n) is 4.50. The molecule has 74 valence electrons. The molecule has 2 nitrogen and oxygen atoms in total. The van der Waals surface area contributed by atoms with Crippen molar-refractivity contribution in [1.29, 1.82) is 0 Å². The minimum absolute atomic E-state index is 0.414. The van der Waals surface area contributed by atoms with Crippen molar-refractivity contribution in [2.45, 2.75) is 19.5 Å². The first kappa shape index (κ1) is 9.83. The molecule has 2 aromatic heterocycles. The molecule has 0 aliphatic heterocycles. The lowest BCUT2D eigenvalue weighted by atomic mass is 10.2. The van der Waals surface area contributed by atoms with Gasteiger partial charge >= 0.3 is 0 Å². The largest absolute Gasteiger partial charge is 0.304 e. The van der Waals surface area contributed by atoms with Gasteiger partial charge in [0.15, 0.2) is 0 Å². The lowest BCUT2D eigenvalue weighted by Crippen LogP contribution is -2.17. The van der Waals surface area contributed by atoms with Crippen LogP contribution in [0, 0.1) is 0 Å². The summed E-state index contributed by atoms with van der Waals surface area (Å²) in [6, 6.07) is 4.65. The third kappa shape index (κ3) is 2.41. The number of thiophene rings is 1. The van der Waals surface area contributed by atoms with Gasteiger partial charge in [-0.25, -0.2) is 4.98 Å². The molecular formula is C10H12N2S2. The Morgan fingerprint density at radius 3 is 3.14 bits per heavy atom. The lowest BCUT2D eigenvalue weighted by Gasteiger charge is -2.10. The standard InChI is InChI=1S/C10H12N2S2/c1-8(10-3-2-4-14-10)11-5-9-6-13-7-12-9/h2-4,6-8,11H,5H2,1H3/t8-/m1/s1. The maximum Gasteiger partial charge on any atom is 0.0795 e. The van der Waals surface area contributed by atoms with Crippen LogP contribution in [0.1, 0.15) is 23.5 Å². The number of thiazole rings is 1. The molecule has 14 heavy (non-hydrogen) atoms. The van der Waals surface area contributed by atoms with Crippen LogP contribution >= 0.6 is 22.7 Å². The SMILES string of the molecule is C[C@@H](NCc1cscn1)c1cccs1. The summed E-state index contributed by atoms with van der Waals surface area (Å²) in [6.45, 7) is 3.03. The van der Waals surface area contributed by atoms with Crippen molar-refractivity contribution in [3.05, 3.63) is 39.0 Å². The number of aromatic nitrogens is 1. The average molecular weight is 224 g/mol. The highest BCUT2D eigenvalue weighted by Crippen LogP contribution is 2.18. The Labute approximate surface area is 91.6 Å². The van der Waals surface area contributed by atoms with Gasteiger partial charge in [0.05, 0.1) is 11.2 Å². The number of nitrogens with one attached hydrogen (secondary N) is 1. The second kappa shape index (κ2) is 4.68. The molecule has 0 aromatic carbocycles. The number of rotatable bonds is 4. The Balaban J connectivity index is 1.87. The molecule has 0 spiro atoms. The van der Waals surface area contributed by atoms with Gasteiger partial charge in [-0.1, -0.05) is 6.07 Å². The second-order valence-corrected chi connectivity index (χ2v) is 4.80. The van der Waals surface area contributed by atoms with Crippen LogP contribution in [0.15, 0.2) is 28.4 Å². The molecule has 4 heteroatoms. The zero-order valence-electron chi connectivity index (χ0n) is 7.93. The molecule has 0 radical (unpaired) electrons. The van der Waals surface area contributed by atoms with E-state index in [-0.39, 0.29) is 0 Å². The van der Waals surface area contributed by atoms with Crippen LogP contribution in [-0.4, -0.2) is 4.98 Å². The van der Waals surface area contributed by atoms with E-state index in [1.807, 2.05) is 5.51 Å². The van der Waals surface area contributed by atoms with Crippen molar-refractivity contribution < 1.29 is 0 Å². The monoisotopic (exact) mass is 224 g/mol. The fourth-order valence-electron chi connectivity index (χ4n) is 1.22. The van der Waals surface area contributed by atoms with E-state index >= 15 is 0 Å². The molecule has 0 saturated heterocycles. The minimum Gasteiger partial charge on any atom is -0.304 e. The van der Waals surface area contributed by atoms with Crippen LogP contribution in [-0.2, 0) is 6.54 Å². The van der Waals surface area contributed by atoms with Crippen LogP contribution in [0.5, 0.6) is 0 Å². The quantitative estimate of drug-likeness (QED) is 0.863. The molecule has 0 unspecified atom stereocenters. The Morgan fingerprint density at radius 1 is 1.57 bits per heavy atom. The fourth-order valence-corrected chi connectivity index (χ4v) is 2.54. The maximum absolute atomic E-state index is 4.23. The zero-order valence-corrected chi connectivity index (χ0v) is 9.57. The molecule has 2 heterocycles. The molecule has 2 aromatic rings. The Morgan fingerprint density at radius 2 is 2.50 bits per heavy atom. The van der Waals surface area contributed by atoms with Gasteiger partial charge in [-0.05, 0) is 18.4 Å². The minimum atomic E-state index is 0.414. The van der Waals surface area contributed by atoms with Crippen molar-refractivity contribution in [3.8, 4) is 0 Å². The van der Waals surface area contributed by atoms with Gasteiger partial charge in [-0.3, -0.25) is 0 Å². The van der Waals surface area contributed by atoms with Crippen LogP contribution in [0.3, 0.4) is 0 Å². The van der Waals surface area contributed by atoms with Crippen molar-refractivity contribution in [2.75, 3.05) is 0 Å². The average Bonchev–Trinajstić information content (AvgIpc) is 2.87. The predicted molar refractivity (Wildman–Crippen MR) is 61.7 cm³/mol. The predicted octanol–water partition coefficient (Wildman–Crippen LogP) is 3.06. The number of hydrogen-bond donors (Lipinski definition) is 1. The van der Waals surface area contributed by atoms with Crippen molar-refractivity contribution >= 4 is 22.7 Å². The highest BCUT2D eigenvalue weighted by atomic mass is 32.1. The maximum atomic E-state index is 4.23. The molecule has 0 aliphatic carbocycles. The summed E-state index contributed by atoms with van der Waals surface area (Å²) in [7, 11) is 0. The van der Waals surface area contributed by atoms with Gasteiger partial charge in [-0.15, -0.1) is 22.7 Å². The van der Waals surface area contributed by atoms with Crippen molar-refractivity contribution in [2.24, 2.45) is 0 Å². The van der Waals surface area contributed by atoms with Gasteiger partial charge in [-0.2, -0.15) is 0 Å². The molecule has 2 rings (SSSR count). The normalized spacial score (nSPS) is 12.9. The molecule has 0 saturated carbocycles. The van der Waals surface area contributed by atoms with Crippen LogP contribution < -0.4 is 5.32 Å². The molecule has 0 amide bonds. The first-order chi connectivity index (χ1) is 6.86. The number of hydrogen-bond acceptors (Lipinski definition) is 4. The van der Waals surface area contributed by atoms with E-state index in [2.05, 4.69) is 40.1 Å². The van der Waals surface area contributed by atoms with Crippen LogP contribution in [0.2, 0.25) is 0 Å². The third-order valence-electron chi connectivity index (χ3n) is 2.04. The molecule has 1 atom stereocenters. The third-order valence-corrected chi connectivity index (χ3v) is 3.73. The van der Waals surface area contributed by atoms with Crippen molar-refractivity contribution in [1.82, 2.24) is 10.3 Å². The highest BCUT2D eigenvalue weighted by Gasteiger charge is 2.05. The molecule has 0 fully saturated rings. The second-order valence-electron chi connectivity index (χ2n) is 3.10. The highest BCUT2D eigenvalue weighted by molar-refractivity contribution is 7.10. The van der Waals surface area contributed by atoms with E-state index in [1.165, 1.54) is 4.88 Å². The van der Waals surface area contributed by atoms with Crippen LogP contribution in [0.25, 0.3) is 0 Å². The number of nitrogens with zero attached hydrogens (tertiary/aromatic N) is 1. The van der Waals surface area contributed by atoms with Gasteiger partial charge in [0.25, 0.3) is 0 Å². The summed E-state index contributed by atoms with van der Waals surface area (Å²) >= 11 is 3.43. The smallest absolute Gasteiger partial charge is 0.0795 e. The van der Waals surface area contributed by atoms with Crippen LogP contribution in [0.4, 0.5) is 0 Å². The van der Waals surface area contributed by atoms with Gasteiger partial charge in [0, 0.05) is 22.8 Å². The van der Waals surface area contributed by atoms with Gasteiger partial charge < -0.3 is 5.32 Å². The van der Waals surface area contributed by atoms with E-state index in [0.717, 1.165) is 12.2 Å². The Hall–Kier alpha value is -0.710. The van der Waals surface area contributed by atoms with E-state index in [9.17, 15) is 0 Å². The fraction of sp³-hybridized carbons (Fsp3) is 0.300. The Kier molecular flexibility index (Phi) is 3.29. The molecule has 1 N–H and O–H groups in total. The topological polar surface area (TPSA) is 24.9 Å². The summed E-state index contributed by atoms with van der Waals surface area (Å²) < 4.78 is 0. The van der Waals surface area contributed by atoms with E-state index in [4.69, 9.17) is 0 Å². The molecular weight excluding hydrogens is 212 g/mol. The summed E-state index contributed by atoms with van der Waals surface area (Å²) in [5, 5.41) is 7.63. The summed E-state index contributed by atoms with van der Waals surface area (Å²) in [5.41, 5.74) is 2.99. The lowest BCUT2D eigenvalue weighted by molar-refractivity contribution is 0.577. The Bertz CT molecular complexity index is 353. The van der Waals surface area contributed by atoms with Crippen molar-refractivity contribution in [3.63, 3.8) is 0 Å². The summed E-state index contributed by atoms with van der Waals surface area (Å²) in [5.74, 6) is 0. The van der Waals surface area contributed by atoms with E-state index < -0.39 is 0 Å². The van der Waals surface area contributed by atoms with E-state index in [0.29, 0.717) is 6.04 Å². The summed E-state index contributed by atoms with van der Waals surface area (Å²) in [6.07, 6.45) is 0. The van der Waals surface area contributed by atoms with Gasteiger partial charge in [0.2, 0.25) is 0 Å². The summed E-state index contributed by atoms with van der Waals surface area (Å²) in [4.78, 5) is 5.60.